The highest BCUT2D eigenvalue weighted by Crippen LogP contribution is 2.18. The van der Waals surface area contributed by atoms with Crippen LogP contribution in [-0.2, 0) is 14.3 Å². The molecule has 0 radical (unpaired) electrons. The maximum absolute atomic E-state index is 12.5. The molecule has 73 heavy (non-hydrogen) atoms. The van der Waals surface area contributed by atoms with E-state index in [4.69, 9.17) is 4.74 Å². The van der Waals surface area contributed by atoms with E-state index in [1.807, 2.05) is 6.08 Å². The van der Waals surface area contributed by atoms with E-state index >= 15 is 0 Å². The van der Waals surface area contributed by atoms with Gasteiger partial charge < -0.3 is 20.3 Å². The number of hydrogen-bond acceptors (Lipinski definition) is 5. The molecule has 0 rings (SSSR count). The lowest BCUT2D eigenvalue weighted by Gasteiger charge is -2.20. The first-order valence-corrected chi connectivity index (χ1v) is 32.8. The summed E-state index contributed by atoms with van der Waals surface area (Å²) in [6, 6.07) is -0.632. The summed E-state index contributed by atoms with van der Waals surface area (Å²) in [5.74, 6) is -0.0744. The number of aliphatic hydroxyl groups excluding tert-OH is 2. The molecule has 0 spiro atoms. The van der Waals surface area contributed by atoms with Crippen molar-refractivity contribution in [3.63, 3.8) is 0 Å². The second-order valence-corrected chi connectivity index (χ2v) is 22.5. The first-order valence-electron chi connectivity index (χ1n) is 32.8. The fraction of sp³-hybridized carbons (Fsp3) is 0.881. The molecular formula is C67H127NO5. The predicted octanol–water partition coefficient (Wildman–Crippen LogP) is 20.8. The lowest BCUT2D eigenvalue weighted by molar-refractivity contribution is -0.143. The molecular weight excluding hydrogens is 899 g/mol. The summed E-state index contributed by atoms with van der Waals surface area (Å²) >= 11 is 0. The predicted molar refractivity (Wildman–Crippen MR) is 319 cm³/mol. The number of unbranched alkanes of at least 4 members (excludes halogenated alkanes) is 46. The molecule has 0 fully saturated rings. The zero-order valence-corrected chi connectivity index (χ0v) is 49.1. The largest absolute Gasteiger partial charge is 0.466 e. The van der Waals surface area contributed by atoms with Gasteiger partial charge in [0.1, 0.15) is 0 Å². The van der Waals surface area contributed by atoms with Crippen LogP contribution in [0.4, 0.5) is 0 Å². The Morgan fingerprint density at radius 1 is 0.384 bits per heavy atom. The van der Waals surface area contributed by atoms with Gasteiger partial charge in [0.05, 0.1) is 25.4 Å². The van der Waals surface area contributed by atoms with Gasteiger partial charge in [-0.3, -0.25) is 9.59 Å². The Morgan fingerprint density at radius 2 is 0.712 bits per heavy atom. The molecule has 2 unspecified atom stereocenters. The van der Waals surface area contributed by atoms with Crippen LogP contribution in [0.25, 0.3) is 0 Å². The maximum atomic E-state index is 12.5. The number of amides is 1. The highest BCUT2D eigenvalue weighted by atomic mass is 16.5. The monoisotopic (exact) mass is 1030 g/mol. The van der Waals surface area contributed by atoms with Crippen LogP contribution < -0.4 is 5.32 Å². The van der Waals surface area contributed by atoms with Gasteiger partial charge in [0.15, 0.2) is 0 Å². The number of aliphatic hydroxyl groups is 2. The first-order chi connectivity index (χ1) is 36.0. The Bertz CT molecular complexity index is 1180. The summed E-state index contributed by atoms with van der Waals surface area (Å²) in [7, 11) is 0. The van der Waals surface area contributed by atoms with E-state index in [1.54, 1.807) is 6.08 Å². The highest BCUT2D eigenvalue weighted by Gasteiger charge is 2.18. The molecule has 6 nitrogen and oxygen atoms in total. The van der Waals surface area contributed by atoms with Crippen LogP contribution >= 0.6 is 0 Å². The van der Waals surface area contributed by atoms with Gasteiger partial charge in [-0.25, -0.2) is 0 Å². The minimum atomic E-state index is -0.848. The minimum absolute atomic E-state index is 0.00664. The summed E-state index contributed by atoms with van der Waals surface area (Å²) in [6.07, 6.45) is 79.1. The van der Waals surface area contributed by atoms with E-state index in [1.165, 1.54) is 276 Å². The number of esters is 1. The normalized spacial score (nSPS) is 12.8. The van der Waals surface area contributed by atoms with Crippen LogP contribution in [0.1, 0.15) is 354 Å². The summed E-state index contributed by atoms with van der Waals surface area (Å²) in [4.78, 5) is 24.5. The van der Waals surface area contributed by atoms with Crippen molar-refractivity contribution in [3.8, 4) is 0 Å². The lowest BCUT2D eigenvalue weighted by Crippen LogP contribution is -2.45. The molecule has 1 amide bonds. The number of allylic oxidation sites excluding steroid dienone is 5. The van der Waals surface area contributed by atoms with Crippen molar-refractivity contribution in [2.24, 2.45) is 0 Å². The molecule has 2 atom stereocenters. The SMILES string of the molecule is CCC/C=C\C/C=C\CCCCCCCC(=O)OCCCCCCCCCCCCCCCCCCCCCC(=O)NC(CO)C(O)/C=C/CCCCCCCCCCCCCCCCCCCCCCCC. The number of hydrogen-bond donors (Lipinski definition) is 3. The van der Waals surface area contributed by atoms with Crippen LogP contribution in [0.3, 0.4) is 0 Å². The lowest BCUT2D eigenvalue weighted by atomic mass is 10.0. The van der Waals surface area contributed by atoms with Crippen LogP contribution in [0.2, 0.25) is 0 Å². The minimum Gasteiger partial charge on any atom is -0.466 e. The van der Waals surface area contributed by atoms with E-state index in [2.05, 4.69) is 43.5 Å². The van der Waals surface area contributed by atoms with E-state index < -0.39 is 12.1 Å². The molecule has 6 heteroatoms. The zero-order valence-electron chi connectivity index (χ0n) is 49.1. The molecule has 0 heterocycles. The Labute approximate surface area is 455 Å². The van der Waals surface area contributed by atoms with Gasteiger partial charge in [0.25, 0.3) is 0 Å². The maximum Gasteiger partial charge on any atom is 0.305 e. The third-order valence-electron chi connectivity index (χ3n) is 15.1. The van der Waals surface area contributed by atoms with Crippen molar-refractivity contribution in [3.05, 3.63) is 36.5 Å². The molecule has 0 aliphatic rings. The summed E-state index contributed by atoms with van der Waals surface area (Å²) in [6.45, 7) is 4.85. The molecule has 0 saturated heterocycles. The molecule has 0 aromatic carbocycles. The average molecular weight is 1030 g/mol. The van der Waals surface area contributed by atoms with Crippen molar-refractivity contribution in [1.82, 2.24) is 5.32 Å². The average Bonchev–Trinajstić information content (AvgIpc) is 3.39. The van der Waals surface area contributed by atoms with Crippen molar-refractivity contribution in [1.29, 1.82) is 0 Å². The number of rotatable bonds is 61. The zero-order chi connectivity index (χ0) is 52.9. The molecule has 430 valence electrons. The number of nitrogens with one attached hydrogen (secondary N) is 1. The summed E-state index contributed by atoms with van der Waals surface area (Å²) in [5.41, 5.74) is 0. The summed E-state index contributed by atoms with van der Waals surface area (Å²) in [5, 5.41) is 23.2. The highest BCUT2D eigenvalue weighted by molar-refractivity contribution is 5.76. The van der Waals surface area contributed by atoms with Crippen molar-refractivity contribution < 1.29 is 24.5 Å². The fourth-order valence-corrected chi connectivity index (χ4v) is 10.1. The second-order valence-electron chi connectivity index (χ2n) is 22.5. The number of carbonyl (C=O) groups is 2. The van der Waals surface area contributed by atoms with Gasteiger partial charge in [-0.2, -0.15) is 0 Å². The molecule has 0 aliphatic carbocycles. The van der Waals surface area contributed by atoms with Gasteiger partial charge in [-0.1, -0.05) is 320 Å². The van der Waals surface area contributed by atoms with Crippen LogP contribution in [0.5, 0.6) is 0 Å². The third-order valence-corrected chi connectivity index (χ3v) is 15.1. The first kappa shape index (κ1) is 71.1. The molecule has 0 aromatic rings. The third kappa shape index (κ3) is 59.2. The topological polar surface area (TPSA) is 95.9 Å². The quantitative estimate of drug-likeness (QED) is 0.0320. The van der Waals surface area contributed by atoms with Gasteiger partial charge in [0.2, 0.25) is 5.91 Å². The van der Waals surface area contributed by atoms with Crippen LogP contribution in [-0.4, -0.2) is 47.4 Å². The Morgan fingerprint density at radius 3 is 1.10 bits per heavy atom. The fourth-order valence-electron chi connectivity index (χ4n) is 10.1. The van der Waals surface area contributed by atoms with Gasteiger partial charge in [-0.05, 0) is 57.8 Å². The Kier molecular flexibility index (Phi) is 61.0. The second kappa shape index (κ2) is 62.6. The Hall–Kier alpha value is -1.92. The van der Waals surface area contributed by atoms with Gasteiger partial charge in [-0.15, -0.1) is 0 Å². The standard InChI is InChI=1S/C67H127NO5/c1-3-5-7-9-11-13-15-17-18-19-20-21-22-23-24-26-29-32-36-39-43-47-51-55-59-65(70)64(63-69)68-66(71)60-56-52-48-44-40-37-33-30-27-25-28-31-34-38-42-46-50-54-58-62-73-67(72)61-57-53-49-45-41-35-16-14-12-10-8-6-4-2/h8,10,14,16,55,59,64-65,69-70H,3-7,9,11-13,15,17-54,56-58,60-63H2,1-2H3,(H,68,71)/b10-8-,16-14-,59-55+. The smallest absolute Gasteiger partial charge is 0.305 e. The van der Waals surface area contributed by atoms with Crippen molar-refractivity contribution >= 4 is 11.9 Å². The van der Waals surface area contributed by atoms with Crippen molar-refractivity contribution in [2.45, 2.75) is 366 Å². The molecule has 0 aliphatic heterocycles. The van der Waals surface area contributed by atoms with Gasteiger partial charge in [0, 0.05) is 12.8 Å². The van der Waals surface area contributed by atoms with E-state index in [9.17, 15) is 19.8 Å². The number of ether oxygens (including phenoxy) is 1. The van der Waals surface area contributed by atoms with Gasteiger partial charge >= 0.3 is 5.97 Å². The Balaban J connectivity index is 3.44. The molecule has 0 saturated carbocycles. The number of carbonyl (C=O) groups excluding carboxylic acids is 2. The van der Waals surface area contributed by atoms with Crippen molar-refractivity contribution in [2.75, 3.05) is 13.2 Å². The van der Waals surface area contributed by atoms with E-state index in [0.29, 0.717) is 19.4 Å². The summed E-state index contributed by atoms with van der Waals surface area (Å²) < 4.78 is 5.47. The van der Waals surface area contributed by atoms with E-state index in [-0.39, 0.29) is 18.5 Å². The van der Waals surface area contributed by atoms with E-state index in [0.717, 1.165) is 51.4 Å². The molecule has 3 N–H and O–H groups in total. The molecule has 0 aromatic heterocycles. The van der Waals surface area contributed by atoms with Crippen LogP contribution in [0.15, 0.2) is 36.5 Å². The van der Waals surface area contributed by atoms with Crippen LogP contribution in [0, 0.1) is 0 Å². The molecule has 0 bridgehead atoms.